The first-order chi connectivity index (χ1) is 5.68. The third-order valence-electron chi connectivity index (χ3n) is 0.974. The van der Waals surface area contributed by atoms with Crippen molar-refractivity contribution in [2.75, 3.05) is 12.1 Å². The molecule has 1 heterocycles. The van der Waals surface area contributed by atoms with Crippen LogP contribution >= 0.6 is 11.3 Å². The van der Waals surface area contributed by atoms with Gasteiger partial charge in [0.25, 0.3) is 0 Å². The van der Waals surface area contributed by atoms with E-state index in [1.54, 1.807) is 0 Å². The minimum absolute atomic E-state index is 0.376. The average molecular weight is 188 g/mol. The molecule has 0 saturated carbocycles. The van der Waals surface area contributed by atoms with Crippen molar-refractivity contribution in [3.05, 3.63) is 11.1 Å². The maximum Gasteiger partial charge on any atom is 0.332 e. The smallest absolute Gasteiger partial charge is 0.332 e. The van der Waals surface area contributed by atoms with Crippen molar-refractivity contribution in [1.82, 2.24) is 4.98 Å². The second-order valence-corrected chi connectivity index (χ2v) is 2.94. The van der Waals surface area contributed by atoms with Gasteiger partial charge in [0.15, 0.2) is 6.61 Å². The van der Waals surface area contributed by atoms with E-state index in [0.29, 0.717) is 5.13 Å². The Morgan fingerprint density at radius 2 is 2.67 bits per heavy atom. The number of hydrogen-bond donors (Lipinski definition) is 2. The minimum Gasteiger partial charge on any atom is -0.479 e. The molecule has 2 N–H and O–H groups in total. The predicted molar refractivity (Wildman–Crippen MR) is 44.1 cm³/mol. The lowest BCUT2D eigenvalue weighted by molar-refractivity contribution is -0.141. The Morgan fingerprint density at radius 3 is 3.17 bits per heavy atom. The van der Waals surface area contributed by atoms with Gasteiger partial charge in [-0.3, -0.25) is 4.84 Å². The zero-order valence-corrected chi connectivity index (χ0v) is 7.22. The fourth-order valence-electron chi connectivity index (χ4n) is 0.560. The summed E-state index contributed by atoms with van der Waals surface area (Å²) in [6.45, 7) is 1.47. The van der Waals surface area contributed by atoms with Gasteiger partial charge < -0.3 is 5.11 Å². The summed E-state index contributed by atoms with van der Waals surface area (Å²) in [7, 11) is 0. The van der Waals surface area contributed by atoms with Gasteiger partial charge >= 0.3 is 5.97 Å². The van der Waals surface area contributed by atoms with Crippen molar-refractivity contribution in [2.45, 2.75) is 6.92 Å². The molecule has 0 spiro atoms. The number of rotatable bonds is 4. The van der Waals surface area contributed by atoms with Gasteiger partial charge in [-0.1, -0.05) is 0 Å². The molecule has 0 aliphatic rings. The standard InChI is InChI=1S/C6H8N2O3S/c1-4-3-12-6(7-4)8-11-2-5(9)10/h3H,2H2,1H3,(H,7,8)(H,9,10). The molecule has 1 aromatic heterocycles. The summed E-state index contributed by atoms with van der Waals surface area (Å²) in [4.78, 5) is 18.6. The summed E-state index contributed by atoms with van der Waals surface area (Å²) >= 11 is 1.36. The molecule has 0 aliphatic heterocycles. The van der Waals surface area contributed by atoms with Crippen molar-refractivity contribution in [3.8, 4) is 0 Å². The molecule has 6 heteroatoms. The van der Waals surface area contributed by atoms with E-state index in [1.165, 1.54) is 11.3 Å². The molecular formula is C6H8N2O3S. The first-order valence-electron chi connectivity index (χ1n) is 3.20. The highest BCUT2D eigenvalue weighted by atomic mass is 32.1. The van der Waals surface area contributed by atoms with Crippen LogP contribution < -0.4 is 5.48 Å². The molecule has 0 aromatic carbocycles. The second-order valence-electron chi connectivity index (χ2n) is 2.08. The number of carboxylic acid groups (broad SMARTS) is 1. The molecule has 0 bridgehead atoms. The maximum absolute atomic E-state index is 10.0. The highest BCUT2D eigenvalue weighted by molar-refractivity contribution is 7.13. The molecule has 0 atom stereocenters. The number of nitrogens with zero attached hydrogens (tertiary/aromatic N) is 1. The fraction of sp³-hybridized carbons (Fsp3) is 0.333. The number of aryl methyl sites for hydroxylation is 1. The Kier molecular flexibility index (Phi) is 3.01. The van der Waals surface area contributed by atoms with E-state index in [4.69, 9.17) is 5.11 Å². The molecule has 1 aromatic rings. The Balaban J connectivity index is 2.29. The van der Waals surface area contributed by atoms with E-state index in [0.717, 1.165) is 5.69 Å². The summed E-state index contributed by atoms with van der Waals surface area (Å²) in [6, 6.07) is 0. The van der Waals surface area contributed by atoms with Gasteiger partial charge in [0.05, 0.1) is 5.69 Å². The number of anilines is 1. The molecule has 1 rings (SSSR count). The molecule has 0 fully saturated rings. The van der Waals surface area contributed by atoms with Crippen molar-refractivity contribution >= 4 is 22.4 Å². The monoisotopic (exact) mass is 188 g/mol. The minimum atomic E-state index is -1.02. The first kappa shape index (κ1) is 8.95. The highest BCUT2D eigenvalue weighted by Crippen LogP contribution is 2.13. The van der Waals surface area contributed by atoms with Crippen LogP contribution in [-0.4, -0.2) is 22.7 Å². The van der Waals surface area contributed by atoms with Crippen molar-refractivity contribution in [1.29, 1.82) is 0 Å². The average Bonchev–Trinajstić information content (AvgIpc) is 2.35. The van der Waals surface area contributed by atoms with Crippen molar-refractivity contribution in [2.24, 2.45) is 0 Å². The summed E-state index contributed by atoms with van der Waals surface area (Å²) in [5.41, 5.74) is 3.30. The molecular weight excluding hydrogens is 180 g/mol. The van der Waals surface area contributed by atoms with Gasteiger partial charge in [0.1, 0.15) is 0 Å². The quantitative estimate of drug-likeness (QED) is 0.686. The Labute approximate surface area is 73.0 Å². The Hall–Kier alpha value is -1.14. The van der Waals surface area contributed by atoms with Gasteiger partial charge in [-0.2, -0.15) is 0 Å². The van der Waals surface area contributed by atoms with Gasteiger partial charge in [-0.05, 0) is 6.92 Å². The van der Waals surface area contributed by atoms with Crippen LogP contribution in [-0.2, 0) is 9.63 Å². The van der Waals surface area contributed by atoms with Gasteiger partial charge in [0, 0.05) is 5.38 Å². The lowest BCUT2D eigenvalue weighted by atomic mass is 10.6. The Bertz CT molecular complexity index is 274. The number of nitrogens with one attached hydrogen (secondary N) is 1. The Morgan fingerprint density at radius 1 is 1.92 bits per heavy atom. The summed E-state index contributed by atoms with van der Waals surface area (Å²) in [5.74, 6) is -1.02. The van der Waals surface area contributed by atoms with Crippen LogP contribution in [0, 0.1) is 6.92 Å². The number of carbonyl (C=O) groups is 1. The zero-order chi connectivity index (χ0) is 8.97. The molecule has 0 radical (unpaired) electrons. The molecule has 5 nitrogen and oxygen atoms in total. The van der Waals surface area contributed by atoms with E-state index in [-0.39, 0.29) is 6.61 Å². The normalized spacial score (nSPS) is 9.75. The molecule has 0 amide bonds. The van der Waals surface area contributed by atoms with Crippen molar-refractivity contribution < 1.29 is 14.7 Å². The van der Waals surface area contributed by atoms with E-state index in [1.807, 2.05) is 12.3 Å². The molecule has 0 saturated heterocycles. The summed E-state index contributed by atoms with van der Waals surface area (Å²) in [6.07, 6.45) is 0. The van der Waals surface area contributed by atoms with Gasteiger partial charge in [0.2, 0.25) is 5.13 Å². The number of aliphatic carboxylic acids is 1. The van der Waals surface area contributed by atoms with E-state index in [2.05, 4.69) is 15.3 Å². The lowest BCUT2D eigenvalue weighted by Crippen LogP contribution is -2.11. The van der Waals surface area contributed by atoms with Crippen LogP contribution in [0.3, 0.4) is 0 Å². The van der Waals surface area contributed by atoms with Crippen LogP contribution in [0.4, 0.5) is 5.13 Å². The molecule has 12 heavy (non-hydrogen) atoms. The topological polar surface area (TPSA) is 71.5 Å². The van der Waals surface area contributed by atoms with Crippen LogP contribution in [0.25, 0.3) is 0 Å². The van der Waals surface area contributed by atoms with E-state index >= 15 is 0 Å². The number of hydrogen-bond acceptors (Lipinski definition) is 5. The van der Waals surface area contributed by atoms with Crippen LogP contribution in [0.2, 0.25) is 0 Å². The summed E-state index contributed by atoms with van der Waals surface area (Å²) < 4.78 is 0. The van der Waals surface area contributed by atoms with E-state index < -0.39 is 5.97 Å². The van der Waals surface area contributed by atoms with Crippen LogP contribution in [0.1, 0.15) is 5.69 Å². The highest BCUT2D eigenvalue weighted by Gasteiger charge is 1.99. The largest absolute Gasteiger partial charge is 0.479 e. The van der Waals surface area contributed by atoms with Gasteiger partial charge in [-0.25, -0.2) is 15.3 Å². The number of carboxylic acids is 1. The van der Waals surface area contributed by atoms with E-state index in [9.17, 15) is 4.79 Å². The van der Waals surface area contributed by atoms with Gasteiger partial charge in [-0.15, -0.1) is 11.3 Å². The zero-order valence-electron chi connectivity index (χ0n) is 6.40. The summed E-state index contributed by atoms with van der Waals surface area (Å²) in [5, 5.41) is 10.6. The molecule has 0 aliphatic carbocycles. The van der Waals surface area contributed by atoms with Crippen molar-refractivity contribution in [3.63, 3.8) is 0 Å². The number of thiazole rings is 1. The second kappa shape index (κ2) is 4.03. The first-order valence-corrected chi connectivity index (χ1v) is 4.08. The van der Waals surface area contributed by atoms with Crippen LogP contribution in [0.5, 0.6) is 0 Å². The fourth-order valence-corrected chi connectivity index (χ4v) is 1.20. The number of aromatic nitrogens is 1. The third kappa shape index (κ3) is 2.85. The lowest BCUT2D eigenvalue weighted by Gasteiger charge is -1.98. The molecule has 0 unspecified atom stereocenters. The third-order valence-corrected chi connectivity index (χ3v) is 1.83. The maximum atomic E-state index is 10.0. The SMILES string of the molecule is Cc1csc(NOCC(=O)O)n1. The molecule has 66 valence electrons. The predicted octanol–water partition coefficient (Wildman–Crippen LogP) is 0.880. The van der Waals surface area contributed by atoms with Crippen LogP contribution in [0.15, 0.2) is 5.38 Å².